The number of unbranched alkanes of at least 4 members (excludes halogenated alkanes) is 1. The zero-order valence-electron chi connectivity index (χ0n) is 11.1. The van der Waals surface area contributed by atoms with Crippen LogP contribution in [-0.2, 0) is 11.2 Å². The summed E-state index contributed by atoms with van der Waals surface area (Å²) in [5.74, 6) is 0.761. The summed E-state index contributed by atoms with van der Waals surface area (Å²) in [5.41, 5.74) is 0. The summed E-state index contributed by atoms with van der Waals surface area (Å²) in [4.78, 5) is 15.7. The Hall–Kier alpha value is -1.59. The van der Waals surface area contributed by atoms with Crippen LogP contribution in [-0.4, -0.2) is 47.2 Å². The minimum absolute atomic E-state index is 0.144. The maximum absolute atomic E-state index is 12.0. The maximum Gasteiger partial charge on any atom is 0.318 e. The lowest BCUT2D eigenvalue weighted by molar-refractivity contribution is -0.131. The Balaban J connectivity index is 1.93. The van der Waals surface area contributed by atoms with Crippen molar-refractivity contribution in [2.45, 2.75) is 33.1 Å². The van der Waals surface area contributed by atoms with E-state index in [1.54, 1.807) is 0 Å². The first-order valence-electron chi connectivity index (χ1n) is 6.59. The van der Waals surface area contributed by atoms with Gasteiger partial charge in [0.1, 0.15) is 6.54 Å². The Morgan fingerprint density at radius 2 is 2.11 bits per heavy atom. The van der Waals surface area contributed by atoms with E-state index < -0.39 is 0 Å². The van der Waals surface area contributed by atoms with Crippen LogP contribution >= 0.6 is 0 Å². The minimum Gasteiger partial charge on any atom is -0.408 e. The van der Waals surface area contributed by atoms with Crippen molar-refractivity contribution in [2.75, 3.05) is 31.1 Å². The van der Waals surface area contributed by atoms with E-state index in [0.717, 1.165) is 38.9 Å². The average Bonchev–Trinajstić information content (AvgIpc) is 2.86. The molecule has 0 radical (unpaired) electrons. The molecule has 0 bridgehead atoms. The fraction of sp³-hybridized carbons (Fsp3) is 0.750. The standard InChI is InChI=1S/C12H20N4O2/c1-3-5-6-15-7-8-16(9-11(15)17)12-14-13-10(4-2)18-12/h3-9H2,1-2H3. The molecule has 0 aliphatic carbocycles. The number of anilines is 1. The molecule has 1 aliphatic heterocycles. The lowest BCUT2D eigenvalue weighted by Gasteiger charge is -2.33. The highest BCUT2D eigenvalue weighted by Gasteiger charge is 2.26. The summed E-state index contributed by atoms with van der Waals surface area (Å²) >= 11 is 0. The van der Waals surface area contributed by atoms with Gasteiger partial charge in [-0.2, -0.15) is 0 Å². The molecule has 0 N–H and O–H groups in total. The molecule has 2 heterocycles. The van der Waals surface area contributed by atoms with Crippen molar-refractivity contribution in [1.29, 1.82) is 0 Å². The highest BCUT2D eigenvalue weighted by Crippen LogP contribution is 2.15. The Morgan fingerprint density at radius 3 is 2.72 bits per heavy atom. The number of hydrogen-bond acceptors (Lipinski definition) is 5. The summed E-state index contributed by atoms with van der Waals surface area (Å²) in [6.45, 7) is 6.79. The lowest BCUT2D eigenvalue weighted by Crippen LogP contribution is -2.50. The normalized spacial score (nSPS) is 16.4. The van der Waals surface area contributed by atoms with E-state index in [1.165, 1.54) is 0 Å². The number of hydrogen-bond donors (Lipinski definition) is 0. The fourth-order valence-corrected chi connectivity index (χ4v) is 1.97. The topological polar surface area (TPSA) is 62.5 Å². The van der Waals surface area contributed by atoms with Gasteiger partial charge >= 0.3 is 6.01 Å². The van der Waals surface area contributed by atoms with Crippen LogP contribution in [0.15, 0.2) is 4.42 Å². The predicted molar refractivity (Wildman–Crippen MR) is 67.4 cm³/mol. The number of piperazine rings is 1. The van der Waals surface area contributed by atoms with E-state index in [9.17, 15) is 4.79 Å². The van der Waals surface area contributed by atoms with Crippen LogP contribution in [0.1, 0.15) is 32.6 Å². The van der Waals surface area contributed by atoms with Crippen LogP contribution in [0.3, 0.4) is 0 Å². The Bertz CT molecular complexity index is 405. The van der Waals surface area contributed by atoms with E-state index in [-0.39, 0.29) is 5.91 Å². The zero-order valence-corrected chi connectivity index (χ0v) is 11.1. The molecular formula is C12H20N4O2. The van der Waals surface area contributed by atoms with Crippen molar-refractivity contribution < 1.29 is 9.21 Å². The SMILES string of the molecule is CCCCN1CCN(c2nnc(CC)o2)CC1=O. The van der Waals surface area contributed by atoms with Gasteiger partial charge in [0.15, 0.2) is 0 Å². The summed E-state index contributed by atoms with van der Waals surface area (Å²) < 4.78 is 5.47. The van der Waals surface area contributed by atoms with E-state index in [1.807, 2.05) is 16.7 Å². The number of carbonyl (C=O) groups is 1. The molecule has 18 heavy (non-hydrogen) atoms. The first-order chi connectivity index (χ1) is 8.74. The second kappa shape index (κ2) is 5.84. The van der Waals surface area contributed by atoms with Crippen molar-refractivity contribution >= 4 is 11.9 Å². The molecule has 1 saturated heterocycles. The van der Waals surface area contributed by atoms with Crippen molar-refractivity contribution in [3.63, 3.8) is 0 Å². The minimum atomic E-state index is 0.144. The summed E-state index contributed by atoms with van der Waals surface area (Å²) in [6.07, 6.45) is 2.89. The van der Waals surface area contributed by atoms with Crippen LogP contribution in [0.2, 0.25) is 0 Å². The zero-order chi connectivity index (χ0) is 13.0. The predicted octanol–water partition coefficient (Wildman–Crippen LogP) is 1.08. The van der Waals surface area contributed by atoms with Crippen LogP contribution in [0.5, 0.6) is 0 Å². The van der Waals surface area contributed by atoms with Gasteiger partial charge < -0.3 is 14.2 Å². The van der Waals surface area contributed by atoms with Crippen LogP contribution in [0, 0.1) is 0 Å². The molecule has 1 fully saturated rings. The molecule has 0 saturated carbocycles. The molecule has 0 atom stereocenters. The molecular weight excluding hydrogens is 232 g/mol. The number of carbonyl (C=O) groups excluding carboxylic acids is 1. The molecule has 1 aromatic heterocycles. The van der Waals surface area contributed by atoms with Gasteiger partial charge in [-0.05, 0) is 6.42 Å². The molecule has 1 amide bonds. The van der Waals surface area contributed by atoms with Gasteiger partial charge in [0.25, 0.3) is 0 Å². The molecule has 1 aromatic rings. The molecule has 6 heteroatoms. The third-order valence-corrected chi connectivity index (χ3v) is 3.13. The number of rotatable bonds is 5. The number of aromatic nitrogens is 2. The van der Waals surface area contributed by atoms with Crippen molar-refractivity contribution in [3.8, 4) is 0 Å². The fourth-order valence-electron chi connectivity index (χ4n) is 1.97. The molecule has 0 unspecified atom stereocenters. The smallest absolute Gasteiger partial charge is 0.318 e. The monoisotopic (exact) mass is 252 g/mol. The van der Waals surface area contributed by atoms with Crippen LogP contribution in [0.25, 0.3) is 0 Å². The second-order valence-corrected chi connectivity index (χ2v) is 4.49. The van der Waals surface area contributed by atoms with Gasteiger partial charge in [-0.3, -0.25) is 4.79 Å². The molecule has 100 valence electrons. The van der Waals surface area contributed by atoms with Gasteiger partial charge in [-0.25, -0.2) is 0 Å². The first kappa shape index (κ1) is 12.9. The lowest BCUT2D eigenvalue weighted by atomic mass is 10.2. The molecule has 1 aliphatic rings. The maximum atomic E-state index is 12.0. The molecule has 0 aromatic carbocycles. The van der Waals surface area contributed by atoms with Crippen molar-refractivity contribution in [3.05, 3.63) is 5.89 Å². The number of amides is 1. The summed E-state index contributed by atoms with van der Waals surface area (Å²) in [5, 5.41) is 7.89. The summed E-state index contributed by atoms with van der Waals surface area (Å²) in [7, 11) is 0. The highest BCUT2D eigenvalue weighted by molar-refractivity contribution is 5.82. The van der Waals surface area contributed by atoms with E-state index >= 15 is 0 Å². The quantitative estimate of drug-likeness (QED) is 0.784. The number of nitrogens with zero attached hydrogens (tertiary/aromatic N) is 4. The third kappa shape index (κ3) is 2.80. The largest absolute Gasteiger partial charge is 0.408 e. The third-order valence-electron chi connectivity index (χ3n) is 3.13. The van der Waals surface area contributed by atoms with Gasteiger partial charge in [0.05, 0.1) is 0 Å². The van der Waals surface area contributed by atoms with E-state index in [0.29, 0.717) is 18.5 Å². The van der Waals surface area contributed by atoms with Gasteiger partial charge in [0.2, 0.25) is 11.8 Å². The first-order valence-corrected chi connectivity index (χ1v) is 6.59. The van der Waals surface area contributed by atoms with Crippen molar-refractivity contribution in [2.24, 2.45) is 0 Å². The van der Waals surface area contributed by atoms with Gasteiger partial charge in [0, 0.05) is 26.1 Å². The Labute approximate surface area is 107 Å². The highest BCUT2D eigenvalue weighted by atomic mass is 16.4. The van der Waals surface area contributed by atoms with Crippen LogP contribution in [0.4, 0.5) is 6.01 Å². The summed E-state index contributed by atoms with van der Waals surface area (Å²) in [6, 6.07) is 0.468. The van der Waals surface area contributed by atoms with E-state index in [2.05, 4.69) is 17.1 Å². The molecule has 2 rings (SSSR count). The molecule has 6 nitrogen and oxygen atoms in total. The van der Waals surface area contributed by atoms with Crippen LogP contribution < -0.4 is 4.90 Å². The Kier molecular flexibility index (Phi) is 4.17. The number of aryl methyl sites for hydroxylation is 1. The van der Waals surface area contributed by atoms with Gasteiger partial charge in [-0.1, -0.05) is 25.4 Å². The van der Waals surface area contributed by atoms with Gasteiger partial charge in [-0.15, -0.1) is 5.10 Å². The van der Waals surface area contributed by atoms with Crippen molar-refractivity contribution in [1.82, 2.24) is 15.1 Å². The van der Waals surface area contributed by atoms with E-state index in [4.69, 9.17) is 4.42 Å². The Morgan fingerprint density at radius 1 is 1.28 bits per heavy atom. The average molecular weight is 252 g/mol. The molecule has 0 spiro atoms. The second-order valence-electron chi connectivity index (χ2n) is 4.49.